The van der Waals surface area contributed by atoms with E-state index in [4.69, 9.17) is 4.84 Å². The first-order valence-corrected chi connectivity index (χ1v) is 10.7. The molecule has 0 bridgehead atoms. The molecule has 1 N–H and O–H groups in total. The lowest BCUT2D eigenvalue weighted by molar-refractivity contribution is 0.0596. The Balaban J connectivity index is 1.20. The van der Waals surface area contributed by atoms with Gasteiger partial charge in [0.25, 0.3) is 5.91 Å². The number of anilines is 1. The molecule has 6 nitrogen and oxygen atoms in total. The van der Waals surface area contributed by atoms with E-state index in [2.05, 4.69) is 15.7 Å². The Morgan fingerprint density at radius 3 is 1.82 bits per heavy atom. The summed E-state index contributed by atoms with van der Waals surface area (Å²) in [7, 11) is 0. The SMILES string of the molecule is O=C(N=Nc1ccc(NOC(=O)c2ccc3ccccc3c2)cc1)c1ccc2ccccc2c1. The fourth-order valence-electron chi connectivity index (χ4n) is 3.56. The van der Waals surface area contributed by atoms with Crippen molar-refractivity contribution in [3.05, 3.63) is 120 Å². The van der Waals surface area contributed by atoms with Gasteiger partial charge in [0.15, 0.2) is 0 Å². The maximum atomic E-state index is 12.4. The Labute approximate surface area is 195 Å². The third kappa shape index (κ3) is 4.66. The maximum Gasteiger partial charge on any atom is 0.362 e. The minimum atomic E-state index is -0.490. The molecular formula is C28H19N3O3. The smallest absolute Gasteiger partial charge is 0.338 e. The van der Waals surface area contributed by atoms with Gasteiger partial charge in [0.1, 0.15) is 0 Å². The molecule has 0 aliphatic rings. The highest BCUT2D eigenvalue weighted by molar-refractivity contribution is 5.99. The maximum absolute atomic E-state index is 12.4. The highest BCUT2D eigenvalue weighted by atomic mass is 16.7. The molecule has 0 heterocycles. The van der Waals surface area contributed by atoms with Gasteiger partial charge in [-0.2, -0.15) is 0 Å². The first-order valence-electron chi connectivity index (χ1n) is 10.7. The zero-order valence-corrected chi connectivity index (χ0v) is 18.0. The van der Waals surface area contributed by atoms with E-state index < -0.39 is 11.9 Å². The first-order chi connectivity index (χ1) is 16.7. The molecule has 0 unspecified atom stereocenters. The lowest BCUT2D eigenvalue weighted by Gasteiger charge is -2.07. The standard InChI is InChI=1S/C28H19N3O3/c32-27(23-11-9-19-5-1-3-7-21(19)17-23)30-29-25-13-15-26(16-14-25)31-34-28(33)24-12-10-20-6-2-4-8-22(20)18-24/h1-18,31H. The monoisotopic (exact) mass is 445 g/mol. The van der Waals surface area contributed by atoms with E-state index in [1.54, 1.807) is 48.5 Å². The highest BCUT2D eigenvalue weighted by Gasteiger charge is 2.09. The summed E-state index contributed by atoms with van der Waals surface area (Å²) < 4.78 is 0. The minimum Gasteiger partial charge on any atom is -0.338 e. The molecule has 0 radical (unpaired) electrons. The number of amides is 1. The lowest BCUT2D eigenvalue weighted by Crippen LogP contribution is -2.10. The highest BCUT2D eigenvalue weighted by Crippen LogP contribution is 2.20. The Kier molecular flexibility index (Phi) is 5.78. The Morgan fingerprint density at radius 1 is 0.618 bits per heavy atom. The predicted octanol–water partition coefficient (Wildman–Crippen LogP) is 7.10. The molecule has 6 heteroatoms. The molecule has 0 aromatic heterocycles. The molecular weight excluding hydrogens is 426 g/mol. The van der Waals surface area contributed by atoms with Gasteiger partial charge in [-0.1, -0.05) is 60.7 Å². The number of fused-ring (bicyclic) bond motifs is 2. The van der Waals surface area contributed by atoms with Crippen molar-refractivity contribution in [2.45, 2.75) is 0 Å². The molecule has 0 aliphatic carbocycles. The van der Waals surface area contributed by atoms with Crippen molar-refractivity contribution in [1.29, 1.82) is 0 Å². The van der Waals surface area contributed by atoms with Gasteiger partial charge in [0, 0.05) is 5.56 Å². The Morgan fingerprint density at radius 2 is 1.18 bits per heavy atom. The van der Waals surface area contributed by atoms with Crippen LogP contribution in [0.15, 0.2) is 119 Å². The van der Waals surface area contributed by atoms with E-state index in [1.807, 2.05) is 60.7 Å². The molecule has 0 aliphatic heterocycles. The second-order valence-corrected chi connectivity index (χ2v) is 7.67. The van der Waals surface area contributed by atoms with E-state index in [9.17, 15) is 9.59 Å². The molecule has 0 fully saturated rings. The van der Waals surface area contributed by atoms with Gasteiger partial charge in [-0.25, -0.2) is 10.3 Å². The number of hydrogen-bond acceptors (Lipinski definition) is 5. The van der Waals surface area contributed by atoms with Crippen LogP contribution in [0.2, 0.25) is 0 Å². The largest absolute Gasteiger partial charge is 0.362 e. The quantitative estimate of drug-likeness (QED) is 0.231. The number of azo groups is 1. The van der Waals surface area contributed by atoms with Gasteiger partial charge in [-0.05, 0) is 70.1 Å². The summed E-state index contributed by atoms with van der Waals surface area (Å²) in [4.78, 5) is 30.0. The molecule has 34 heavy (non-hydrogen) atoms. The normalized spacial score (nSPS) is 11.1. The minimum absolute atomic E-state index is 0.419. The van der Waals surface area contributed by atoms with Gasteiger partial charge < -0.3 is 4.84 Å². The van der Waals surface area contributed by atoms with E-state index in [-0.39, 0.29) is 0 Å². The van der Waals surface area contributed by atoms with E-state index in [0.29, 0.717) is 22.5 Å². The van der Waals surface area contributed by atoms with Crippen LogP contribution in [0.3, 0.4) is 0 Å². The Bertz CT molecular complexity index is 1540. The summed E-state index contributed by atoms with van der Waals surface area (Å²) in [5.41, 5.74) is 4.62. The van der Waals surface area contributed by atoms with E-state index in [1.165, 1.54) is 0 Å². The second kappa shape index (κ2) is 9.34. The van der Waals surface area contributed by atoms with E-state index in [0.717, 1.165) is 21.5 Å². The van der Waals surface area contributed by atoms with Gasteiger partial charge >= 0.3 is 5.97 Å². The molecule has 5 aromatic rings. The average molecular weight is 445 g/mol. The molecule has 164 valence electrons. The van der Waals surface area contributed by atoms with Crippen LogP contribution in [0, 0.1) is 0 Å². The summed E-state index contributed by atoms with van der Waals surface area (Å²) in [6.45, 7) is 0. The third-order valence-corrected chi connectivity index (χ3v) is 5.37. The van der Waals surface area contributed by atoms with Crippen LogP contribution in [0.5, 0.6) is 0 Å². The zero-order valence-electron chi connectivity index (χ0n) is 18.0. The van der Waals surface area contributed by atoms with Crippen molar-refractivity contribution in [3.63, 3.8) is 0 Å². The first kappa shape index (κ1) is 21.0. The molecule has 0 saturated carbocycles. The van der Waals surface area contributed by atoms with Crippen molar-refractivity contribution in [2.75, 3.05) is 5.48 Å². The molecule has 5 aromatic carbocycles. The van der Waals surface area contributed by atoms with Crippen LogP contribution >= 0.6 is 0 Å². The number of nitrogens with zero attached hydrogens (tertiary/aromatic N) is 2. The Hall–Kier alpha value is -4.84. The number of nitrogens with one attached hydrogen (secondary N) is 1. The number of rotatable bonds is 5. The predicted molar refractivity (Wildman–Crippen MR) is 132 cm³/mol. The van der Waals surface area contributed by atoms with Crippen molar-refractivity contribution < 1.29 is 14.4 Å². The molecule has 0 saturated heterocycles. The number of hydrogen-bond donors (Lipinski definition) is 1. The van der Waals surface area contributed by atoms with Crippen LogP contribution in [-0.2, 0) is 4.84 Å². The van der Waals surface area contributed by atoms with Crippen LogP contribution in [0.4, 0.5) is 11.4 Å². The van der Waals surface area contributed by atoms with E-state index >= 15 is 0 Å². The van der Waals surface area contributed by atoms with Crippen molar-refractivity contribution in [2.24, 2.45) is 10.2 Å². The molecule has 0 atom stereocenters. The lowest BCUT2D eigenvalue weighted by atomic mass is 10.1. The average Bonchev–Trinajstić information content (AvgIpc) is 2.90. The number of carbonyl (C=O) groups excluding carboxylic acids is 2. The fourth-order valence-corrected chi connectivity index (χ4v) is 3.56. The summed E-state index contributed by atoms with van der Waals surface area (Å²) in [6, 6.07) is 33.1. The third-order valence-electron chi connectivity index (χ3n) is 5.37. The summed E-state index contributed by atoms with van der Waals surface area (Å²) >= 11 is 0. The fraction of sp³-hybridized carbons (Fsp3) is 0. The van der Waals surface area contributed by atoms with Crippen molar-refractivity contribution in [3.8, 4) is 0 Å². The molecule has 5 rings (SSSR count). The molecule has 0 spiro atoms. The van der Waals surface area contributed by atoms with Crippen LogP contribution < -0.4 is 5.48 Å². The summed E-state index contributed by atoms with van der Waals surface area (Å²) in [5.74, 6) is -0.909. The van der Waals surface area contributed by atoms with Crippen LogP contribution in [0.1, 0.15) is 20.7 Å². The summed E-state index contributed by atoms with van der Waals surface area (Å²) in [5, 5.41) is 11.9. The van der Waals surface area contributed by atoms with Crippen LogP contribution in [-0.4, -0.2) is 11.9 Å². The zero-order chi connectivity index (χ0) is 23.3. The van der Waals surface area contributed by atoms with Crippen LogP contribution in [0.25, 0.3) is 21.5 Å². The number of carbonyl (C=O) groups is 2. The topological polar surface area (TPSA) is 80.1 Å². The van der Waals surface area contributed by atoms with Gasteiger partial charge in [-0.3, -0.25) is 4.79 Å². The van der Waals surface area contributed by atoms with Gasteiger partial charge in [0.05, 0.1) is 16.9 Å². The van der Waals surface area contributed by atoms with Gasteiger partial charge in [0.2, 0.25) is 0 Å². The molecule has 1 amide bonds. The van der Waals surface area contributed by atoms with Crippen molar-refractivity contribution in [1.82, 2.24) is 0 Å². The van der Waals surface area contributed by atoms with Crippen molar-refractivity contribution >= 4 is 44.8 Å². The summed E-state index contributed by atoms with van der Waals surface area (Å²) in [6.07, 6.45) is 0. The number of benzene rings is 5. The van der Waals surface area contributed by atoms with Gasteiger partial charge in [-0.15, -0.1) is 10.2 Å². The second-order valence-electron chi connectivity index (χ2n) is 7.67.